The number of hydrogen-bond acceptors (Lipinski definition) is 2. The lowest BCUT2D eigenvalue weighted by molar-refractivity contribution is -0.180. The van der Waals surface area contributed by atoms with Crippen molar-refractivity contribution in [3.63, 3.8) is 0 Å². The number of carbonyl (C=O) groups excluding carboxylic acids is 1. The van der Waals surface area contributed by atoms with Crippen molar-refractivity contribution in [3.8, 4) is 0 Å². The summed E-state index contributed by atoms with van der Waals surface area (Å²) in [4.78, 5) is 12.9. The maximum Gasteiger partial charge on any atom is 0.145 e. The number of aliphatic hydroxyl groups is 1. The third-order valence-electron chi connectivity index (χ3n) is 5.92. The SMILES string of the molecule is C=C(C)[C@@H]1C[C@H]2[C@H](C(C)(C)O)C[C@]1(C)C(=O)C2(C)C. The summed E-state index contributed by atoms with van der Waals surface area (Å²) in [7, 11) is 0. The Labute approximate surface area is 117 Å². The summed E-state index contributed by atoms with van der Waals surface area (Å²) in [5, 5.41) is 10.5. The van der Waals surface area contributed by atoms with Gasteiger partial charge in [0.1, 0.15) is 5.78 Å². The molecule has 1 N–H and O–H groups in total. The molecule has 0 saturated heterocycles. The van der Waals surface area contributed by atoms with Crippen LogP contribution in [0.2, 0.25) is 0 Å². The summed E-state index contributed by atoms with van der Waals surface area (Å²) in [6.45, 7) is 16.1. The number of carbonyl (C=O) groups is 1. The average molecular weight is 264 g/mol. The lowest BCUT2D eigenvalue weighted by Crippen LogP contribution is -2.63. The van der Waals surface area contributed by atoms with Gasteiger partial charge >= 0.3 is 0 Å². The standard InChI is InChI=1S/C17H28O2/c1-10(2)11-8-12-13(16(5,6)19)9-17(11,7)14(18)15(12,3)4/h11-13,19H,1,8-9H2,2-7H3/t11-,12-,13+,17-/m0/s1. The van der Waals surface area contributed by atoms with Gasteiger partial charge < -0.3 is 5.11 Å². The van der Waals surface area contributed by atoms with Gasteiger partial charge in [-0.2, -0.15) is 0 Å². The average Bonchev–Trinajstić information content (AvgIpc) is 2.23. The maximum atomic E-state index is 12.9. The second-order valence-electron chi connectivity index (χ2n) is 8.17. The van der Waals surface area contributed by atoms with E-state index in [-0.39, 0.29) is 28.6 Å². The minimum atomic E-state index is -0.718. The van der Waals surface area contributed by atoms with Crippen molar-refractivity contribution in [2.24, 2.45) is 28.6 Å². The predicted molar refractivity (Wildman–Crippen MR) is 77.7 cm³/mol. The first kappa shape index (κ1) is 14.8. The molecule has 2 bridgehead atoms. The highest BCUT2D eigenvalue weighted by atomic mass is 16.3. The highest BCUT2D eigenvalue weighted by Crippen LogP contribution is 2.64. The second-order valence-corrected chi connectivity index (χ2v) is 8.17. The zero-order chi connectivity index (χ0) is 14.8. The highest BCUT2D eigenvalue weighted by molar-refractivity contribution is 5.92. The van der Waals surface area contributed by atoms with E-state index in [1.54, 1.807) is 0 Å². The molecule has 0 aromatic heterocycles. The summed E-state index contributed by atoms with van der Waals surface area (Å²) in [5.41, 5.74) is -0.284. The third-order valence-corrected chi connectivity index (χ3v) is 5.92. The number of fused-ring (bicyclic) bond motifs is 3. The quantitative estimate of drug-likeness (QED) is 0.774. The van der Waals surface area contributed by atoms with E-state index < -0.39 is 5.60 Å². The summed E-state index contributed by atoms with van der Waals surface area (Å²) in [5.74, 6) is 1.09. The molecule has 0 spiro atoms. The Balaban J connectivity index is 2.51. The number of allylic oxidation sites excluding steroid dienone is 1. The number of hydrogen-bond donors (Lipinski definition) is 1. The van der Waals surface area contributed by atoms with Gasteiger partial charge in [-0.05, 0) is 51.4 Å². The molecule has 19 heavy (non-hydrogen) atoms. The summed E-state index contributed by atoms with van der Waals surface area (Å²) in [6, 6.07) is 0. The van der Waals surface area contributed by atoms with Gasteiger partial charge in [0.25, 0.3) is 0 Å². The zero-order valence-electron chi connectivity index (χ0n) is 13.2. The lowest BCUT2D eigenvalue weighted by Gasteiger charge is -2.62. The highest BCUT2D eigenvalue weighted by Gasteiger charge is 2.64. The topological polar surface area (TPSA) is 37.3 Å². The molecular formula is C17H28O2. The van der Waals surface area contributed by atoms with Crippen LogP contribution in [0.4, 0.5) is 0 Å². The number of Topliss-reactive ketones (excluding diaryl/α,β-unsaturated/α-hetero) is 1. The van der Waals surface area contributed by atoms with Crippen LogP contribution < -0.4 is 0 Å². The molecule has 3 fully saturated rings. The second kappa shape index (κ2) is 3.94. The van der Waals surface area contributed by atoms with Crippen molar-refractivity contribution in [1.82, 2.24) is 0 Å². The summed E-state index contributed by atoms with van der Waals surface area (Å²) in [6.07, 6.45) is 1.78. The van der Waals surface area contributed by atoms with E-state index in [0.29, 0.717) is 5.78 Å². The Bertz CT molecular complexity index is 427. The molecule has 0 radical (unpaired) electrons. The minimum Gasteiger partial charge on any atom is -0.390 e. The smallest absolute Gasteiger partial charge is 0.145 e. The number of rotatable bonds is 2. The van der Waals surface area contributed by atoms with Crippen LogP contribution in [0, 0.1) is 28.6 Å². The van der Waals surface area contributed by atoms with Crippen molar-refractivity contribution in [1.29, 1.82) is 0 Å². The van der Waals surface area contributed by atoms with Crippen LogP contribution in [0.15, 0.2) is 12.2 Å². The first-order valence-electron chi connectivity index (χ1n) is 7.35. The molecule has 0 unspecified atom stereocenters. The summed E-state index contributed by atoms with van der Waals surface area (Å²) >= 11 is 0. The molecule has 3 rings (SSSR count). The van der Waals surface area contributed by atoms with E-state index in [4.69, 9.17) is 0 Å². The van der Waals surface area contributed by atoms with E-state index in [1.165, 1.54) is 0 Å². The van der Waals surface area contributed by atoms with Crippen molar-refractivity contribution < 1.29 is 9.90 Å². The fourth-order valence-electron chi connectivity index (χ4n) is 4.86. The lowest BCUT2D eigenvalue weighted by atomic mass is 9.41. The first-order chi connectivity index (χ1) is 8.42. The molecule has 3 aliphatic carbocycles. The van der Waals surface area contributed by atoms with Gasteiger partial charge in [0.2, 0.25) is 0 Å². The van der Waals surface area contributed by atoms with Gasteiger partial charge in [-0.3, -0.25) is 4.79 Å². The van der Waals surface area contributed by atoms with Crippen LogP contribution in [-0.2, 0) is 4.79 Å². The van der Waals surface area contributed by atoms with Gasteiger partial charge in [-0.1, -0.05) is 32.9 Å². The van der Waals surface area contributed by atoms with Crippen molar-refractivity contribution in [3.05, 3.63) is 12.2 Å². The monoisotopic (exact) mass is 264 g/mol. The molecule has 3 saturated carbocycles. The van der Waals surface area contributed by atoms with Crippen LogP contribution >= 0.6 is 0 Å². The minimum absolute atomic E-state index is 0.195. The molecule has 3 aliphatic rings. The first-order valence-corrected chi connectivity index (χ1v) is 7.35. The molecular weight excluding hydrogens is 236 g/mol. The van der Waals surface area contributed by atoms with Crippen LogP contribution in [-0.4, -0.2) is 16.5 Å². The van der Waals surface area contributed by atoms with Crippen LogP contribution in [0.5, 0.6) is 0 Å². The van der Waals surface area contributed by atoms with E-state index in [0.717, 1.165) is 18.4 Å². The summed E-state index contributed by atoms with van der Waals surface area (Å²) < 4.78 is 0. The Morgan fingerprint density at radius 1 is 1.37 bits per heavy atom. The third kappa shape index (κ3) is 1.91. The van der Waals surface area contributed by atoms with Gasteiger partial charge in [-0.25, -0.2) is 0 Å². The zero-order valence-corrected chi connectivity index (χ0v) is 13.2. The predicted octanol–water partition coefficient (Wildman–Crippen LogP) is 3.59. The van der Waals surface area contributed by atoms with Crippen LogP contribution in [0.25, 0.3) is 0 Å². The van der Waals surface area contributed by atoms with E-state index in [1.807, 2.05) is 20.8 Å². The Morgan fingerprint density at radius 3 is 2.32 bits per heavy atom. The van der Waals surface area contributed by atoms with Gasteiger partial charge in [-0.15, -0.1) is 0 Å². The molecule has 0 aliphatic heterocycles. The van der Waals surface area contributed by atoms with Crippen molar-refractivity contribution in [2.75, 3.05) is 0 Å². The van der Waals surface area contributed by atoms with Gasteiger partial charge in [0.05, 0.1) is 5.60 Å². The molecule has 0 heterocycles. The molecule has 108 valence electrons. The van der Waals surface area contributed by atoms with Crippen LogP contribution in [0.3, 0.4) is 0 Å². The Hall–Kier alpha value is -0.630. The van der Waals surface area contributed by atoms with Crippen LogP contribution in [0.1, 0.15) is 54.4 Å². The molecule has 2 heteroatoms. The molecule has 2 nitrogen and oxygen atoms in total. The molecule has 0 amide bonds. The van der Waals surface area contributed by atoms with Gasteiger partial charge in [0.15, 0.2) is 0 Å². The van der Waals surface area contributed by atoms with E-state index >= 15 is 0 Å². The Kier molecular flexibility index (Phi) is 3.06. The Morgan fingerprint density at radius 2 is 1.89 bits per heavy atom. The number of ketones is 1. The largest absolute Gasteiger partial charge is 0.390 e. The maximum absolute atomic E-state index is 12.9. The van der Waals surface area contributed by atoms with Crippen molar-refractivity contribution in [2.45, 2.75) is 60.0 Å². The normalized spacial score (nSPS) is 41.4. The molecule has 0 aromatic rings. The van der Waals surface area contributed by atoms with E-state index in [9.17, 15) is 9.90 Å². The van der Waals surface area contributed by atoms with Gasteiger partial charge in [0, 0.05) is 10.8 Å². The molecule has 0 aromatic carbocycles. The molecule has 4 atom stereocenters. The fraction of sp³-hybridized carbons (Fsp3) is 0.824. The van der Waals surface area contributed by atoms with Crippen molar-refractivity contribution >= 4 is 5.78 Å². The fourth-order valence-corrected chi connectivity index (χ4v) is 4.86. The van der Waals surface area contributed by atoms with E-state index in [2.05, 4.69) is 27.4 Å².